The Bertz CT molecular complexity index is 510. The quantitative estimate of drug-likeness (QED) is 0.945. The first-order chi connectivity index (χ1) is 8.19. The summed E-state index contributed by atoms with van der Waals surface area (Å²) in [7, 11) is 0. The minimum absolute atomic E-state index is 0.647. The summed E-state index contributed by atoms with van der Waals surface area (Å²) in [6.45, 7) is 4.82. The van der Waals surface area contributed by atoms with Gasteiger partial charge in [0.25, 0.3) is 0 Å². The number of pyridine rings is 1. The van der Waals surface area contributed by atoms with E-state index in [9.17, 15) is 0 Å². The smallest absolute Gasteiger partial charge is 0.180 e. The van der Waals surface area contributed by atoms with Gasteiger partial charge in [0.2, 0.25) is 0 Å². The van der Waals surface area contributed by atoms with E-state index in [1.165, 1.54) is 0 Å². The van der Waals surface area contributed by atoms with Crippen LogP contribution in [0.3, 0.4) is 0 Å². The molecule has 0 radical (unpaired) electrons. The molecule has 0 unspecified atom stereocenters. The third kappa shape index (κ3) is 3.00. The van der Waals surface area contributed by atoms with E-state index < -0.39 is 0 Å². The predicted molar refractivity (Wildman–Crippen MR) is 71.9 cm³/mol. The van der Waals surface area contributed by atoms with E-state index in [-0.39, 0.29) is 0 Å². The van der Waals surface area contributed by atoms with Crippen molar-refractivity contribution in [2.24, 2.45) is 0 Å². The van der Waals surface area contributed by atoms with Crippen LogP contribution >= 0.6 is 15.9 Å². The number of aromatic nitrogens is 3. The third-order valence-electron chi connectivity index (χ3n) is 2.17. The molecule has 2 heterocycles. The van der Waals surface area contributed by atoms with Gasteiger partial charge in [-0.2, -0.15) is 0 Å². The van der Waals surface area contributed by atoms with Gasteiger partial charge in [0.1, 0.15) is 11.5 Å². The van der Waals surface area contributed by atoms with Crippen molar-refractivity contribution in [3.05, 3.63) is 34.6 Å². The molecule has 17 heavy (non-hydrogen) atoms. The maximum absolute atomic E-state index is 4.42. The van der Waals surface area contributed by atoms with E-state index in [4.69, 9.17) is 0 Å². The fourth-order valence-electron chi connectivity index (χ4n) is 1.46. The highest BCUT2D eigenvalue weighted by Crippen LogP contribution is 2.17. The van der Waals surface area contributed by atoms with Crippen LogP contribution in [0.4, 0.5) is 5.82 Å². The minimum Gasteiger partial charge on any atom is -0.370 e. The van der Waals surface area contributed by atoms with E-state index in [0.29, 0.717) is 5.82 Å². The predicted octanol–water partition coefficient (Wildman–Crippen LogP) is 3.04. The number of halogens is 1. The molecule has 0 saturated heterocycles. The van der Waals surface area contributed by atoms with Crippen molar-refractivity contribution in [3.8, 4) is 11.5 Å². The summed E-state index contributed by atoms with van der Waals surface area (Å²) in [4.78, 5) is 13.1. The molecular weight excluding hydrogens is 280 g/mol. The lowest BCUT2D eigenvalue weighted by molar-refractivity contribution is 1.06. The van der Waals surface area contributed by atoms with Gasteiger partial charge in [0.15, 0.2) is 5.82 Å². The van der Waals surface area contributed by atoms with Gasteiger partial charge < -0.3 is 5.32 Å². The normalized spacial score (nSPS) is 10.3. The molecule has 0 aliphatic carbocycles. The summed E-state index contributed by atoms with van der Waals surface area (Å²) in [6.07, 6.45) is 1.74. The maximum Gasteiger partial charge on any atom is 0.180 e. The lowest BCUT2D eigenvalue weighted by Crippen LogP contribution is -2.03. The molecule has 0 aliphatic rings. The molecule has 2 rings (SSSR count). The Morgan fingerprint density at radius 2 is 2.12 bits per heavy atom. The van der Waals surface area contributed by atoms with E-state index in [2.05, 4.69) is 36.2 Å². The van der Waals surface area contributed by atoms with E-state index in [1.807, 2.05) is 32.0 Å². The molecule has 2 aromatic heterocycles. The Morgan fingerprint density at radius 3 is 2.76 bits per heavy atom. The second-order valence-electron chi connectivity index (χ2n) is 3.61. The molecular formula is C12H13BrN4. The van der Waals surface area contributed by atoms with Crippen LogP contribution in [0.1, 0.15) is 12.6 Å². The molecule has 0 aliphatic heterocycles. The molecule has 88 valence electrons. The number of nitrogens with zero attached hydrogens (tertiary/aromatic N) is 3. The van der Waals surface area contributed by atoms with Crippen LogP contribution in [-0.2, 0) is 0 Å². The van der Waals surface area contributed by atoms with Crippen LogP contribution in [0, 0.1) is 6.92 Å². The Kier molecular flexibility index (Phi) is 3.68. The minimum atomic E-state index is 0.647. The van der Waals surface area contributed by atoms with E-state index in [1.54, 1.807) is 6.20 Å². The second-order valence-corrected chi connectivity index (χ2v) is 4.53. The zero-order valence-electron chi connectivity index (χ0n) is 9.74. The van der Waals surface area contributed by atoms with Crippen LogP contribution < -0.4 is 5.32 Å². The van der Waals surface area contributed by atoms with Gasteiger partial charge in [-0.1, -0.05) is 0 Å². The average Bonchev–Trinajstić information content (AvgIpc) is 2.29. The molecule has 2 aromatic rings. The van der Waals surface area contributed by atoms with Gasteiger partial charge in [-0.3, -0.25) is 4.98 Å². The Hall–Kier alpha value is -1.49. The molecule has 0 bridgehead atoms. The van der Waals surface area contributed by atoms with Crippen LogP contribution in [0.5, 0.6) is 0 Å². The first-order valence-electron chi connectivity index (χ1n) is 5.40. The van der Waals surface area contributed by atoms with Gasteiger partial charge in [0.05, 0.1) is 0 Å². The van der Waals surface area contributed by atoms with E-state index >= 15 is 0 Å². The number of hydrogen-bond acceptors (Lipinski definition) is 4. The first kappa shape index (κ1) is 12.0. The van der Waals surface area contributed by atoms with Crippen molar-refractivity contribution in [1.29, 1.82) is 0 Å². The molecule has 0 fully saturated rings. The maximum atomic E-state index is 4.42. The molecule has 0 aromatic carbocycles. The molecule has 0 atom stereocenters. The summed E-state index contributed by atoms with van der Waals surface area (Å²) in [5.74, 6) is 1.48. The lowest BCUT2D eigenvalue weighted by Gasteiger charge is -2.06. The number of rotatable bonds is 3. The van der Waals surface area contributed by atoms with Gasteiger partial charge >= 0.3 is 0 Å². The summed E-state index contributed by atoms with van der Waals surface area (Å²) >= 11 is 3.36. The lowest BCUT2D eigenvalue weighted by atomic mass is 10.3. The first-order valence-corrected chi connectivity index (χ1v) is 6.20. The van der Waals surface area contributed by atoms with Crippen molar-refractivity contribution >= 4 is 21.7 Å². The topological polar surface area (TPSA) is 50.7 Å². The molecule has 0 spiro atoms. The van der Waals surface area contributed by atoms with Gasteiger partial charge in [0, 0.05) is 29.0 Å². The zero-order chi connectivity index (χ0) is 12.3. The molecule has 5 heteroatoms. The number of hydrogen-bond donors (Lipinski definition) is 1. The highest BCUT2D eigenvalue weighted by molar-refractivity contribution is 9.10. The van der Waals surface area contributed by atoms with Crippen molar-refractivity contribution in [2.45, 2.75) is 13.8 Å². The number of aryl methyl sites for hydroxylation is 1. The van der Waals surface area contributed by atoms with Crippen molar-refractivity contribution in [2.75, 3.05) is 11.9 Å². The highest BCUT2D eigenvalue weighted by atomic mass is 79.9. The van der Waals surface area contributed by atoms with Crippen LogP contribution in [0.25, 0.3) is 11.5 Å². The van der Waals surface area contributed by atoms with Crippen LogP contribution in [0.2, 0.25) is 0 Å². The van der Waals surface area contributed by atoms with Gasteiger partial charge in [-0.05, 0) is 41.9 Å². The molecule has 0 amide bonds. The fourth-order valence-corrected chi connectivity index (χ4v) is 1.70. The molecule has 0 saturated carbocycles. The van der Waals surface area contributed by atoms with Crippen molar-refractivity contribution < 1.29 is 0 Å². The number of nitrogens with one attached hydrogen (secondary N) is 1. The van der Waals surface area contributed by atoms with Crippen molar-refractivity contribution in [3.63, 3.8) is 0 Å². The average molecular weight is 293 g/mol. The highest BCUT2D eigenvalue weighted by Gasteiger charge is 2.05. The standard InChI is InChI=1S/C12H13BrN4/c1-3-14-11-6-8(2)16-12(17-11)10-5-4-9(13)7-15-10/h4-7H,3H2,1-2H3,(H,14,16,17). The Labute approximate surface area is 109 Å². The number of anilines is 1. The van der Waals surface area contributed by atoms with E-state index in [0.717, 1.165) is 28.2 Å². The molecule has 1 N–H and O–H groups in total. The monoisotopic (exact) mass is 292 g/mol. The van der Waals surface area contributed by atoms with Crippen LogP contribution in [-0.4, -0.2) is 21.5 Å². The van der Waals surface area contributed by atoms with Gasteiger partial charge in [-0.25, -0.2) is 9.97 Å². The van der Waals surface area contributed by atoms with Crippen LogP contribution in [0.15, 0.2) is 28.9 Å². The largest absolute Gasteiger partial charge is 0.370 e. The zero-order valence-corrected chi connectivity index (χ0v) is 11.3. The summed E-state index contributed by atoms with van der Waals surface area (Å²) in [5.41, 5.74) is 1.70. The fraction of sp³-hybridized carbons (Fsp3) is 0.250. The molecule has 4 nitrogen and oxygen atoms in total. The third-order valence-corrected chi connectivity index (χ3v) is 2.64. The van der Waals surface area contributed by atoms with Crippen molar-refractivity contribution in [1.82, 2.24) is 15.0 Å². The Morgan fingerprint density at radius 1 is 1.29 bits per heavy atom. The van der Waals surface area contributed by atoms with Gasteiger partial charge in [-0.15, -0.1) is 0 Å². The Balaban J connectivity index is 2.40. The summed E-state index contributed by atoms with van der Waals surface area (Å²) in [6, 6.07) is 5.75. The summed E-state index contributed by atoms with van der Waals surface area (Å²) < 4.78 is 0.945. The second kappa shape index (κ2) is 5.23. The summed E-state index contributed by atoms with van der Waals surface area (Å²) in [5, 5.41) is 3.18. The SMILES string of the molecule is CCNc1cc(C)nc(-c2ccc(Br)cn2)n1.